The Balaban J connectivity index is 1.92. The Kier molecular flexibility index (Phi) is 4.96. The van der Waals surface area contributed by atoms with E-state index >= 15 is 0 Å². The van der Waals surface area contributed by atoms with Crippen molar-refractivity contribution in [1.82, 2.24) is 14.5 Å². The van der Waals surface area contributed by atoms with Crippen LogP contribution in [0.5, 0.6) is 0 Å². The fraction of sp³-hybridized carbons (Fsp3) is 0.667. The standard InChI is InChI=1S/C12H19N3O5S/c16-10-3-1-9(2-4-10)5-14-21(19,20)11-6-13-15(7-11)8-12(17)18/h6-7,9-10,14,16H,1-5,8H2,(H,17,18). The monoisotopic (exact) mass is 317 g/mol. The van der Waals surface area contributed by atoms with Gasteiger partial charge in [-0.2, -0.15) is 5.10 Å². The van der Waals surface area contributed by atoms with Crippen LogP contribution in [0.1, 0.15) is 25.7 Å². The van der Waals surface area contributed by atoms with Gasteiger partial charge in [0.15, 0.2) is 0 Å². The number of aliphatic carboxylic acids is 1. The Morgan fingerprint density at radius 1 is 1.38 bits per heavy atom. The highest BCUT2D eigenvalue weighted by Gasteiger charge is 2.23. The molecule has 0 amide bonds. The molecular formula is C12H19N3O5S. The van der Waals surface area contributed by atoms with Crippen LogP contribution >= 0.6 is 0 Å². The third kappa shape index (κ3) is 4.51. The molecule has 1 fully saturated rings. The number of aliphatic hydroxyl groups is 1. The van der Waals surface area contributed by atoms with Crippen molar-refractivity contribution in [3.8, 4) is 0 Å². The molecule has 0 atom stereocenters. The van der Waals surface area contributed by atoms with Crippen molar-refractivity contribution < 1.29 is 23.4 Å². The zero-order valence-corrected chi connectivity index (χ0v) is 12.3. The summed E-state index contributed by atoms with van der Waals surface area (Å²) in [6.07, 6.45) is 5.04. The van der Waals surface area contributed by atoms with E-state index in [1.54, 1.807) is 0 Å². The summed E-state index contributed by atoms with van der Waals surface area (Å²) in [6, 6.07) is 0. The van der Waals surface area contributed by atoms with Crippen molar-refractivity contribution in [2.24, 2.45) is 5.92 Å². The molecule has 1 aromatic heterocycles. The van der Waals surface area contributed by atoms with Crippen molar-refractivity contribution in [2.75, 3.05) is 6.54 Å². The number of sulfonamides is 1. The maximum atomic E-state index is 12.1. The van der Waals surface area contributed by atoms with Crippen LogP contribution in [-0.2, 0) is 21.4 Å². The molecule has 1 aliphatic carbocycles. The first-order chi connectivity index (χ1) is 9.87. The average Bonchev–Trinajstić information content (AvgIpc) is 2.86. The second-order valence-electron chi connectivity index (χ2n) is 5.29. The first kappa shape index (κ1) is 15.9. The third-order valence-corrected chi connectivity index (χ3v) is 4.97. The number of carboxylic acids is 1. The molecule has 118 valence electrons. The van der Waals surface area contributed by atoms with Crippen LogP contribution in [0, 0.1) is 5.92 Å². The molecule has 21 heavy (non-hydrogen) atoms. The number of nitrogens with zero attached hydrogens (tertiary/aromatic N) is 2. The first-order valence-electron chi connectivity index (χ1n) is 6.79. The van der Waals surface area contributed by atoms with E-state index in [9.17, 15) is 18.3 Å². The van der Waals surface area contributed by atoms with Crippen molar-refractivity contribution >= 4 is 16.0 Å². The van der Waals surface area contributed by atoms with E-state index in [2.05, 4.69) is 9.82 Å². The average molecular weight is 317 g/mol. The van der Waals surface area contributed by atoms with Crippen molar-refractivity contribution in [1.29, 1.82) is 0 Å². The van der Waals surface area contributed by atoms with Crippen LogP contribution in [-0.4, -0.2) is 47.0 Å². The molecule has 0 spiro atoms. The minimum Gasteiger partial charge on any atom is -0.480 e. The van der Waals surface area contributed by atoms with Gasteiger partial charge in [0.05, 0.1) is 12.3 Å². The van der Waals surface area contributed by atoms with E-state index in [0.29, 0.717) is 19.4 Å². The molecule has 1 saturated carbocycles. The van der Waals surface area contributed by atoms with Gasteiger partial charge in [0.1, 0.15) is 11.4 Å². The molecule has 3 N–H and O–H groups in total. The van der Waals surface area contributed by atoms with Gasteiger partial charge in [-0.3, -0.25) is 9.48 Å². The summed E-state index contributed by atoms with van der Waals surface area (Å²) in [7, 11) is -3.68. The lowest BCUT2D eigenvalue weighted by atomic mass is 9.88. The molecule has 0 aromatic carbocycles. The van der Waals surface area contributed by atoms with E-state index in [4.69, 9.17) is 5.11 Å². The van der Waals surface area contributed by atoms with Gasteiger partial charge < -0.3 is 10.2 Å². The normalized spacial score (nSPS) is 23.1. The lowest BCUT2D eigenvalue weighted by Crippen LogP contribution is -2.32. The highest BCUT2D eigenvalue weighted by molar-refractivity contribution is 7.89. The van der Waals surface area contributed by atoms with E-state index < -0.39 is 16.0 Å². The van der Waals surface area contributed by atoms with E-state index in [0.717, 1.165) is 23.7 Å². The summed E-state index contributed by atoms with van der Waals surface area (Å²) in [5.41, 5.74) is 0. The number of aliphatic hydroxyl groups excluding tert-OH is 1. The molecule has 2 rings (SSSR count). The number of aromatic nitrogens is 2. The molecule has 1 heterocycles. The molecule has 0 unspecified atom stereocenters. The predicted molar refractivity (Wildman–Crippen MR) is 73.0 cm³/mol. The predicted octanol–water partition coefficient (Wildman–Crippen LogP) is -0.203. The summed E-state index contributed by atoms with van der Waals surface area (Å²) in [4.78, 5) is 10.5. The second-order valence-corrected chi connectivity index (χ2v) is 7.06. The minimum absolute atomic E-state index is 0.0420. The van der Waals surface area contributed by atoms with Gasteiger partial charge in [-0.05, 0) is 31.6 Å². The molecule has 1 aromatic rings. The Morgan fingerprint density at radius 2 is 2.05 bits per heavy atom. The quantitative estimate of drug-likeness (QED) is 0.668. The van der Waals surface area contributed by atoms with Gasteiger partial charge in [0, 0.05) is 12.7 Å². The van der Waals surface area contributed by atoms with E-state index in [1.165, 1.54) is 6.20 Å². The van der Waals surface area contributed by atoms with Crippen molar-refractivity contribution in [3.63, 3.8) is 0 Å². The summed E-state index contributed by atoms with van der Waals surface area (Å²) >= 11 is 0. The summed E-state index contributed by atoms with van der Waals surface area (Å²) < 4.78 is 27.7. The highest BCUT2D eigenvalue weighted by atomic mass is 32.2. The number of rotatable bonds is 6. The Hall–Kier alpha value is -1.45. The van der Waals surface area contributed by atoms with E-state index in [-0.39, 0.29) is 23.5 Å². The van der Waals surface area contributed by atoms with Crippen LogP contribution < -0.4 is 4.72 Å². The Morgan fingerprint density at radius 3 is 2.67 bits per heavy atom. The minimum atomic E-state index is -3.68. The lowest BCUT2D eigenvalue weighted by molar-refractivity contribution is -0.137. The number of hydrogen-bond acceptors (Lipinski definition) is 5. The maximum Gasteiger partial charge on any atom is 0.325 e. The van der Waals surface area contributed by atoms with Crippen molar-refractivity contribution in [3.05, 3.63) is 12.4 Å². The summed E-state index contributed by atoms with van der Waals surface area (Å²) in [6.45, 7) is -0.0603. The van der Waals surface area contributed by atoms with Crippen LogP contribution in [0.3, 0.4) is 0 Å². The van der Waals surface area contributed by atoms with Crippen LogP contribution in [0.25, 0.3) is 0 Å². The molecule has 8 nitrogen and oxygen atoms in total. The molecule has 0 radical (unpaired) electrons. The largest absolute Gasteiger partial charge is 0.480 e. The van der Waals surface area contributed by atoms with Gasteiger partial charge in [-0.1, -0.05) is 0 Å². The van der Waals surface area contributed by atoms with Gasteiger partial charge in [0.2, 0.25) is 10.0 Å². The smallest absolute Gasteiger partial charge is 0.325 e. The van der Waals surface area contributed by atoms with Crippen molar-refractivity contribution in [2.45, 2.75) is 43.2 Å². The van der Waals surface area contributed by atoms with Crippen LogP contribution in [0.2, 0.25) is 0 Å². The molecule has 0 aliphatic heterocycles. The van der Waals surface area contributed by atoms with Gasteiger partial charge in [-0.15, -0.1) is 0 Å². The SMILES string of the molecule is O=C(O)Cn1cc(S(=O)(=O)NCC2CCC(O)CC2)cn1. The molecule has 0 bridgehead atoms. The fourth-order valence-electron chi connectivity index (χ4n) is 2.37. The third-order valence-electron chi connectivity index (χ3n) is 3.60. The Labute approximate surface area is 122 Å². The fourth-order valence-corrected chi connectivity index (χ4v) is 3.44. The zero-order chi connectivity index (χ0) is 15.5. The molecule has 1 aliphatic rings. The summed E-state index contributed by atoms with van der Waals surface area (Å²) in [5, 5.41) is 21.7. The van der Waals surface area contributed by atoms with Gasteiger partial charge in [-0.25, -0.2) is 13.1 Å². The van der Waals surface area contributed by atoms with Gasteiger partial charge >= 0.3 is 5.97 Å². The molecule has 9 heteroatoms. The van der Waals surface area contributed by atoms with Gasteiger partial charge in [0.25, 0.3) is 0 Å². The lowest BCUT2D eigenvalue weighted by Gasteiger charge is -2.25. The van der Waals surface area contributed by atoms with Crippen LogP contribution in [0.4, 0.5) is 0 Å². The van der Waals surface area contributed by atoms with E-state index in [1.807, 2.05) is 0 Å². The first-order valence-corrected chi connectivity index (χ1v) is 8.27. The van der Waals surface area contributed by atoms with Crippen LogP contribution in [0.15, 0.2) is 17.3 Å². The number of hydrogen-bond donors (Lipinski definition) is 3. The summed E-state index contributed by atoms with van der Waals surface area (Å²) in [5.74, 6) is -0.868. The molecular weight excluding hydrogens is 298 g/mol. The zero-order valence-electron chi connectivity index (χ0n) is 11.5. The topological polar surface area (TPSA) is 122 Å². The maximum absolute atomic E-state index is 12.1. The number of carbonyl (C=O) groups is 1. The number of nitrogens with one attached hydrogen (secondary N) is 1. The second kappa shape index (κ2) is 6.54. The number of carboxylic acid groups (broad SMARTS) is 1. The molecule has 0 saturated heterocycles. The highest BCUT2D eigenvalue weighted by Crippen LogP contribution is 2.23. The Bertz CT molecular complexity index is 590.